The van der Waals surface area contributed by atoms with Crippen molar-refractivity contribution in [1.29, 1.82) is 0 Å². The Bertz CT molecular complexity index is 552. The number of hydrogen-bond acceptors (Lipinski definition) is 3. The average Bonchev–Trinajstić information content (AvgIpc) is 3.18. The molecule has 5 heteroatoms. The van der Waals surface area contributed by atoms with E-state index >= 15 is 0 Å². The van der Waals surface area contributed by atoms with Gasteiger partial charge in [-0.2, -0.15) is 4.31 Å². The molecular weight excluding hydrogens is 286 g/mol. The number of aryl methyl sites for hydroxylation is 1. The van der Waals surface area contributed by atoms with E-state index in [1.54, 1.807) is 4.31 Å². The monoisotopic (exact) mass is 309 g/mol. The number of sulfonamides is 1. The molecule has 2 fully saturated rings. The highest BCUT2D eigenvalue weighted by Gasteiger charge is 2.40. The summed E-state index contributed by atoms with van der Waals surface area (Å²) in [5.74, 6) is 0. The van der Waals surface area contributed by atoms with Crippen LogP contribution in [0.2, 0.25) is 0 Å². The van der Waals surface area contributed by atoms with E-state index < -0.39 is 10.0 Å². The van der Waals surface area contributed by atoms with Crippen molar-refractivity contribution in [2.24, 2.45) is 0 Å². The Morgan fingerprint density at radius 2 is 2.00 bits per heavy atom. The van der Waals surface area contributed by atoms with Crippen LogP contribution in [0.15, 0.2) is 30.3 Å². The van der Waals surface area contributed by atoms with Gasteiger partial charge in [0.1, 0.15) is 5.25 Å². The van der Waals surface area contributed by atoms with Crippen LogP contribution >= 0.6 is 0 Å². The molecule has 2 saturated heterocycles. The molecule has 3 rings (SSSR count). The van der Waals surface area contributed by atoms with Gasteiger partial charge in [0, 0.05) is 19.2 Å². The van der Waals surface area contributed by atoms with Crippen molar-refractivity contribution in [2.75, 3.05) is 19.8 Å². The lowest BCUT2D eigenvalue weighted by atomic mass is 10.0. The topological polar surface area (TPSA) is 46.6 Å². The summed E-state index contributed by atoms with van der Waals surface area (Å²) < 4.78 is 32.4. The maximum Gasteiger partial charge on any atom is 0.219 e. The van der Waals surface area contributed by atoms with Crippen LogP contribution in [0.5, 0.6) is 0 Å². The lowest BCUT2D eigenvalue weighted by molar-refractivity contribution is 0.197. The van der Waals surface area contributed by atoms with Gasteiger partial charge < -0.3 is 4.74 Å². The van der Waals surface area contributed by atoms with E-state index in [1.807, 2.05) is 18.2 Å². The number of rotatable bonds is 5. The molecule has 2 aliphatic heterocycles. The van der Waals surface area contributed by atoms with Crippen molar-refractivity contribution >= 4 is 10.0 Å². The van der Waals surface area contributed by atoms with Gasteiger partial charge >= 0.3 is 0 Å². The summed E-state index contributed by atoms with van der Waals surface area (Å²) in [6.45, 7) is 1.62. The molecule has 0 spiro atoms. The second kappa shape index (κ2) is 6.46. The van der Waals surface area contributed by atoms with E-state index in [4.69, 9.17) is 4.74 Å². The molecule has 0 radical (unpaired) electrons. The smallest absolute Gasteiger partial charge is 0.219 e. The summed E-state index contributed by atoms with van der Waals surface area (Å²) in [7, 11) is -3.18. The first-order chi connectivity index (χ1) is 10.2. The zero-order chi connectivity index (χ0) is 14.7. The van der Waals surface area contributed by atoms with Crippen molar-refractivity contribution < 1.29 is 13.2 Å². The van der Waals surface area contributed by atoms with E-state index in [0.717, 1.165) is 25.7 Å². The Morgan fingerprint density at radius 1 is 1.19 bits per heavy atom. The van der Waals surface area contributed by atoms with Gasteiger partial charge in [-0.15, -0.1) is 0 Å². The van der Waals surface area contributed by atoms with Gasteiger partial charge in [0.05, 0.1) is 6.61 Å². The van der Waals surface area contributed by atoms with E-state index in [-0.39, 0.29) is 11.3 Å². The maximum atomic E-state index is 12.7. The van der Waals surface area contributed by atoms with Gasteiger partial charge in [-0.25, -0.2) is 8.42 Å². The molecule has 0 bridgehead atoms. The van der Waals surface area contributed by atoms with Gasteiger partial charge in [-0.1, -0.05) is 30.3 Å². The fraction of sp³-hybridized carbons (Fsp3) is 0.625. The molecular formula is C16H23NO3S. The van der Waals surface area contributed by atoms with Crippen LogP contribution in [0.1, 0.15) is 31.2 Å². The molecule has 0 amide bonds. The lowest BCUT2D eigenvalue weighted by Gasteiger charge is -2.26. The molecule has 0 saturated carbocycles. The van der Waals surface area contributed by atoms with Gasteiger partial charge in [0.25, 0.3) is 0 Å². The van der Waals surface area contributed by atoms with Crippen LogP contribution in [0.4, 0.5) is 0 Å². The highest BCUT2D eigenvalue weighted by atomic mass is 32.2. The predicted octanol–water partition coefficient (Wildman–Crippen LogP) is 2.20. The molecule has 0 aromatic heterocycles. The predicted molar refractivity (Wildman–Crippen MR) is 82.6 cm³/mol. The van der Waals surface area contributed by atoms with Gasteiger partial charge in [-0.3, -0.25) is 0 Å². The SMILES string of the molecule is O=S(=O)([C@@H]1CCOC1)N1CCC[C@@H]1CCc1ccccc1. The normalized spacial score (nSPS) is 27.2. The number of benzene rings is 1. The Morgan fingerprint density at radius 3 is 2.71 bits per heavy atom. The average molecular weight is 309 g/mol. The highest BCUT2D eigenvalue weighted by Crippen LogP contribution is 2.29. The minimum atomic E-state index is -3.18. The zero-order valence-corrected chi connectivity index (χ0v) is 13.1. The number of hydrogen-bond donors (Lipinski definition) is 0. The molecule has 0 N–H and O–H groups in total. The standard InChI is InChI=1S/C16H23NO3S/c18-21(19,16-10-12-20-13-16)17-11-4-7-15(17)9-8-14-5-2-1-3-6-14/h1-3,5-6,15-16H,4,7-13H2/t15-,16-/m1/s1. The van der Waals surface area contributed by atoms with E-state index in [0.29, 0.717) is 26.2 Å². The molecule has 116 valence electrons. The van der Waals surface area contributed by atoms with Crippen molar-refractivity contribution in [3.05, 3.63) is 35.9 Å². The maximum absolute atomic E-state index is 12.7. The lowest BCUT2D eigenvalue weighted by Crippen LogP contribution is -2.42. The van der Waals surface area contributed by atoms with Crippen LogP contribution in [0.3, 0.4) is 0 Å². The fourth-order valence-corrected chi connectivity index (χ4v) is 5.41. The molecule has 2 aliphatic rings. The van der Waals surface area contributed by atoms with Crippen molar-refractivity contribution in [3.63, 3.8) is 0 Å². The quantitative estimate of drug-likeness (QED) is 0.838. The van der Waals surface area contributed by atoms with Crippen LogP contribution in [0, 0.1) is 0 Å². The Hall–Kier alpha value is -0.910. The van der Waals surface area contributed by atoms with Crippen LogP contribution in [0.25, 0.3) is 0 Å². The third-order valence-electron chi connectivity index (χ3n) is 4.57. The first-order valence-electron chi connectivity index (χ1n) is 7.80. The van der Waals surface area contributed by atoms with Gasteiger partial charge in [0.2, 0.25) is 10.0 Å². The second-order valence-corrected chi connectivity index (χ2v) is 8.13. The summed E-state index contributed by atoms with van der Waals surface area (Å²) in [6, 6.07) is 10.5. The third-order valence-corrected chi connectivity index (χ3v) is 6.92. The Labute approximate surface area is 127 Å². The van der Waals surface area contributed by atoms with Crippen molar-refractivity contribution in [2.45, 2.75) is 43.4 Å². The minimum absolute atomic E-state index is 0.163. The Kier molecular flexibility index (Phi) is 4.62. The largest absolute Gasteiger partial charge is 0.380 e. The first kappa shape index (κ1) is 15.0. The Balaban J connectivity index is 1.65. The summed E-state index contributed by atoms with van der Waals surface area (Å²) in [4.78, 5) is 0. The van der Waals surface area contributed by atoms with E-state index in [2.05, 4.69) is 12.1 Å². The van der Waals surface area contributed by atoms with Crippen LogP contribution < -0.4 is 0 Å². The van der Waals surface area contributed by atoms with E-state index in [1.165, 1.54) is 5.56 Å². The van der Waals surface area contributed by atoms with Gasteiger partial charge in [0.15, 0.2) is 0 Å². The first-order valence-corrected chi connectivity index (χ1v) is 9.30. The summed E-state index contributed by atoms with van der Waals surface area (Å²) in [5.41, 5.74) is 1.28. The zero-order valence-electron chi connectivity index (χ0n) is 12.3. The van der Waals surface area contributed by atoms with Crippen LogP contribution in [-0.4, -0.2) is 43.8 Å². The summed E-state index contributed by atoms with van der Waals surface area (Å²) in [6.07, 6.45) is 4.46. The van der Waals surface area contributed by atoms with Crippen molar-refractivity contribution in [3.8, 4) is 0 Å². The molecule has 1 aromatic rings. The minimum Gasteiger partial charge on any atom is -0.380 e. The second-order valence-electron chi connectivity index (χ2n) is 5.96. The molecule has 4 nitrogen and oxygen atoms in total. The highest BCUT2D eigenvalue weighted by molar-refractivity contribution is 7.89. The molecule has 1 aromatic carbocycles. The van der Waals surface area contributed by atoms with Crippen LogP contribution in [-0.2, 0) is 21.2 Å². The van der Waals surface area contributed by atoms with Gasteiger partial charge in [-0.05, 0) is 37.7 Å². The summed E-state index contributed by atoms with van der Waals surface area (Å²) in [5, 5.41) is -0.324. The molecule has 21 heavy (non-hydrogen) atoms. The molecule has 2 heterocycles. The fourth-order valence-electron chi connectivity index (χ4n) is 3.35. The van der Waals surface area contributed by atoms with Crippen molar-refractivity contribution in [1.82, 2.24) is 4.31 Å². The summed E-state index contributed by atoms with van der Waals surface area (Å²) >= 11 is 0. The molecule has 0 unspecified atom stereocenters. The molecule has 0 aliphatic carbocycles. The number of ether oxygens (including phenoxy) is 1. The number of nitrogens with zero attached hydrogens (tertiary/aromatic N) is 1. The van der Waals surface area contributed by atoms with E-state index in [9.17, 15) is 8.42 Å². The third kappa shape index (κ3) is 3.30. The molecule has 2 atom stereocenters.